The van der Waals surface area contributed by atoms with Crippen molar-refractivity contribution in [2.75, 3.05) is 6.61 Å². The molecule has 0 bridgehead atoms. The van der Waals surface area contributed by atoms with Gasteiger partial charge in [-0.2, -0.15) is 0 Å². The monoisotopic (exact) mass is 248 g/mol. The third-order valence-corrected chi connectivity index (χ3v) is 4.18. The fourth-order valence-corrected chi connectivity index (χ4v) is 3.14. The van der Waals surface area contributed by atoms with Crippen molar-refractivity contribution in [2.24, 2.45) is 11.7 Å². The third-order valence-electron chi connectivity index (χ3n) is 4.18. The van der Waals surface area contributed by atoms with Gasteiger partial charge in [0.15, 0.2) is 0 Å². The molecule has 2 rings (SSSR count). The summed E-state index contributed by atoms with van der Waals surface area (Å²) in [6.07, 6.45) is 9.61. The number of hydrogen-bond acceptors (Lipinski definition) is 3. The molecule has 0 aromatic carbocycles. The van der Waals surface area contributed by atoms with E-state index >= 15 is 0 Å². The SMILES string of the molecule is CCOc1cncc(C2(N)CCCCC2CC)c1. The van der Waals surface area contributed by atoms with Gasteiger partial charge in [0.25, 0.3) is 0 Å². The molecule has 1 fully saturated rings. The number of ether oxygens (including phenoxy) is 1. The van der Waals surface area contributed by atoms with Crippen LogP contribution in [0, 0.1) is 5.92 Å². The fourth-order valence-electron chi connectivity index (χ4n) is 3.14. The van der Waals surface area contributed by atoms with E-state index in [0.29, 0.717) is 12.5 Å². The lowest BCUT2D eigenvalue weighted by Crippen LogP contribution is -2.46. The van der Waals surface area contributed by atoms with Gasteiger partial charge in [0.1, 0.15) is 5.75 Å². The second kappa shape index (κ2) is 5.70. The normalized spacial score (nSPS) is 28.1. The molecule has 0 radical (unpaired) electrons. The second-order valence-electron chi connectivity index (χ2n) is 5.23. The zero-order chi connectivity index (χ0) is 13.0. The van der Waals surface area contributed by atoms with Gasteiger partial charge in [-0.3, -0.25) is 4.98 Å². The first-order valence-electron chi connectivity index (χ1n) is 7.08. The number of nitrogens with zero attached hydrogens (tertiary/aromatic N) is 1. The molecule has 1 aromatic heterocycles. The van der Waals surface area contributed by atoms with E-state index in [1.54, 1.807) is 6.20 Å². The van der Waals surface area contributed by atoms with Gasteiger partial charge < -0.3 is 10.5 Å². The van der Waals surface area contributed by atoms with Crippen LogP contribution >= 0.6 is 0 Å². The van der Waals surface area contributed by atoms with Crippen molar-refractivity contribution in [1.29, 1.82) is 0 Å². The van der Waals surface area contributed by atoms with Crippen molar-refractivity contribution in [1.82, 2.24) is 4.98 Å². The molecular weight excluding hydrogens is 224 g/mol. The molecular formula is C15H24N2O. The smallest absolute Gasteiger partial charge is 0.137 e. The lowest BCUT2D eigenvalue weighted by Gasteiger charge is -2.41. The number of aromatic nitrogens is 1. The maximum Gasteiger partial charge on any atom is 0.137 e. The lowest BCUT2D eigenvalue weighted by molar-refractivity contribution is 0.183. The Morgan fingerprint density at radius 3 is 2.94 bits per heavy atom. The molecule has 0 aliphatic heterocycles. The maximum atomic E-state index is 6.70. The summed E-state index contributed by atoms with van der Waals surface area (Å²) >= 11 is 0. The van der Waals surface area contributed by atoms with Crippen molar-refractivity contribution >= 4 is 0 Å². The van der Waals surface area contributed by atoms with Crippen molar-refractivity contribution in [2.45, 2.75) is 51.5 Å². The Kier molecular flexibility index (Phi) is 4.23. The van der Waals surface area contributed by atoms with Crippen LogP contribution in [0.2, 0.25) is 0 Å². The lowest BCUT2D eigenvalue weighted by atomic mass is 9.69. The van der Waals surface area contributed by atoms with E-state index in [9.17, 15) is 0 Å². The van der Waals surface area contributed by atoms with Gasteiger partial charge in [-0.1, -0.05) is 26.2 Å². The Morgan fingerprint density at radius 2 is 2.22 bits per heavy atom. The van der Waals surface area contributed by atoms with Gasteiger partial charge in [0.05, 0.1) is 12.8 Å². The number of pyridine rings is 1. The minimum absolute atomic E-state index is 0.215. The van der Waals surface area contributed by atoms with Crippen LogP contribution < -0.4 is 10.5 Å². The van der Waals surface area contributed by atoms with Crippen LogP contribution in [0.3, 0.4) is 0 Å². The summed E-state index contributed by atoms with van der Waals surface area (Å²) in [6, 6.07) is 2.07. The van der Waals surface area contributed by atoms with Crippen LogP contribution in [0.1, 0.15) is 51.5 Å². The van der Waals surface area contributed by atoms with E-state index in [2.05, 4.69) is 18.0 Å². The quantitative estimate of drug-likeness (QED) is 0.890. The molecule has 1 saturated carbocycles. The predicted molar refractivity (Wildman–Crippen MR) is 73.5 cm³/mol. The molecule has 0 amide bonds. The van der Waals surface area contributed by atoms with E-state index in [-0.39, 0.29) is 5.54 Å². The first-order chi connectivity index (χ1) is 8.70. The zero-order valence-electron chi connectivity index (χ0n) is 11.5. The standard InChI is InChI=1S/C15H24N2O/c1-3-12-7-5-6-8-15(12,16)13-9-14(18-4-2)11-17-10-13/h9-12H,3-8,16H2,1-2H3. The Balaban J connectivity index is 2.29. The zero-order valence-corrected chi connectivity index (χ0v) is 11.5. The number of nitrogens with two attached hydrogens (primary N) is 1. The highest BCUT2D eigenvalue weighted by molar-refractivity contribution is 5.30. The van der Waals surface area contributed by atoms with Crippen molar-refractivity contribution in [3.8, 4) is 5.75 Å². The van der Waals surface area contributed by atoms with Crippen LogP contribution in [0.4, 0.5) is 0 Å². The van der Waals surface area contributed by atoms with Crippen LogP contribution in [0.5, 0.6) is 5.75 Å². The van der Waals surface area contributed by atoms with Gasteiger partial charge in [0, 0.05) is 11.7 Å². The molecule has 1 aromatic rings. The molecule has 3 heteroatoms. The molecule has 18 heavy (non-hydrogen) atoms. The van der Waals surface area contributed by atoms with Crippen LogP contribution in [0.15, 0.2) is 18.5 Å². The average molecular weight is 248 g/mol. The molecule has 3 nitrogen and oxygen atoms in total. The molecule has 0 saturated heterocycles. The van der Waals surface area contributed by atoms with E-state index in [1.807, 2.05) is 13.1 Å². The largest absolute Gasteiger partial charge is 0.492 e. The van der Waals surface area contributed by atoms with E-state index in [0.717, 1.165) is 24.2 Å². The van der Waals surface area contributed by atoms with E-state index in [4.69, 9.17) is 10.5 Å². The Morgan fingerprint density at radius 1 is 1.39 bits per heavy atom. The Bertz CT molecular complexity index is 394. The highest BCUT2D eigenvalue weighted by Crippen LogP contribution is 2.41. The van der Waals surface area contributed by atoms with Gasteiger partial charge in [-0.05, 0) is 37.3 Å². The summed E-state index contributed by atoms with van der Waals surface area (Å²) in [6.45, 7) is 4.89. The maximum absolute atomic E-state index is 6.70. The molecule has 2 unspecified atom stereocenters. The van der Waals surface area contributed by atoms with Crippen molar-refractivity contribution < 1.29 is 4.74 Å². The molecule has 2 atom stereocenters. The highest BCUT2D eigenvalue weighted by Gasteiger charge is 2.37. The first-order valence-corrected chi connectivity index (χ1v) is 7.08. The van der Waals surface area contributed by atoms with Crippen LogP contribution in [-0.2, 0) is 5.54 Å². The van der Waals surface area contributed by atoms with Gasteiger partial charge in [-0.25, -0.2) is 0 Å². The molecule has 1 aliphatic carbocycles. The highest BCUT2D eigenvalue weighted by atomic mass is 16.5. The summed E-state index contributed by atoms with van der Waals surface area (Å²) in [5, 5.41) is 0. The Hall–Kier alpha value is -1.09. The molecule has 2 N–H and O–H groups in total. The minimum Gasteiger partial charge on any atom is -0.492 e. The van der Waals surface area contributed by atoms with Crippen molar-refractivity contribution in [3.63, 3.8) is 0 Å². The minimum atomic E-state index is -0.215. The second-order valence-corrected chi connectivity index (χ2v) is 5.23. The Labute approximate surface area is 110 Å². The molecule has 1 heterocycles. The summed E-state index contributed by atoms with van der Waals surface area (Å²) in [5.41, 5.74) is 7.63. The van der Waals surface area contributed by atoms with Crippen LogP contribution in [-0.4, -0.2) is 11.6 Å². The summed E-state index contributed by atoms with van der Waals surface area (Å²) in [5.74, 6) is 1.39. The van der Waals surface area contributed by atoms with Gasteiger partial charge in [-0.15, -0.1) is 0 Å². The van der Waals surface area contributed by atoms with Gasteiger partial charge in [0.2, 0.25) is 0 Å². The van der Waals surface area contributed by atoms with Gasteiger partial charge >= 0.3 is 0 Å². The van der Waals surface area contributed by atoms with Crippen LogP contribution in [0.25, 0.3) is 0 Å². The topological polar surface area (TPSA) is 48.1 Å². The number of hydrogen-bond donors (Lipinski definition) is 1. The summed E-state index contributed by atoms with van der Waals surface area (Å²) in [4.78, 5) is 4.29. The summed E-state index contributed by atoms with van der Waals surface area (Å²) < 4.78 is 5.53. The fraction of sp³-hybridized carbons (Fsp3) is 0.667. The summed E-state index contributed by atoms with van der Waals surface area (Å²) in [7, 11) is 0. The van der Waals surface area contributed by atoms with E-state index in [1.165, 1.54) is 19.3 Å². The van der Waals surface area contributed by atoms with E-state index < -0.39 is 0 Å². The molecule has 0 spiro atoms. The predicted octanol–water partition coefficient (Wildman–Crippen LogP) is 3.23. The van der Waals surface area contributed by atoms with Crippen molar-refractivity contribution in [3.05, 3.63) is 24.0 Å². The number of rotatable bonds is 4. The first kappa shape index (κ1) is 13.3. The third kappa shape index (κ3) is 2.51. The molecule has 100 valence electrons. The average Bonchev–Trinajstić information content (AvgIpc) is 2.40. The molecule has 1 aliphatic rings.